The van der Waals surface area contributed by atoms with E-state index >= 15 is 0 Å². The number of aromatic nitrogens is 2. The van der Waals surface area contributed by atoms with Crippen LogP contribution < -0.4 is 10.2 Å². The van der Waals surface area contributed by atoms with Gasteiger partial charge in [0.1, 0.15) is 0 Å². The third-order valence-corrected chi connectivity index (χ3v) is 3.63. The molecule has 1 aliphatic heterocycles. The minimum atomic E-state index is 0.596. The Balaban J connectivity index is 1.54. The highest BCUT2D eigenvalue weighted by Crippen LogP contribution is 2.23. The smallest absolute Gasteiger partial charge is 0.225 e. The van der Waals surface area contributed by atoms with Gasteiger partial charge in [0.2, 0.25) is 5.95 Å². The SMILES string of the molecule is Clc1cnc(N2CCC(NC3CC3)CC2)nc1. The molecule has 1 saturated heterocycles. The Kier molecular flexibility index (Phi) is 3.16. The van der Waals surface area contributed by atoms with E-state index in [-0.39, 0.29) is 0 Å². The fourth-order valence-corrected chi connectivity index (χ4v) is 2.40. The molecule has 2 fully saturated rings. The zero-order chi connectivity index (χ0) is 11.7. The van der Waals surface area contributed by atoms with Gasteiger partial charge >= 0.3 is 0 Å². The lowest BCUT2D eigenvalue weighted by Crippen LogP contribution is -2.43. The largest absolute Gasteiger partial charge is 0.341 e. The molecule has 1 aliphatic carbocycles. The molecule has 5 heteroatoms. The Hall–Kier alpha value is -0.870. The number of piperidine rings is 1. The van der Waals surface area contributed by atoms with Crippen LogP contribution >= 0.6 is 11.6 Å². The number of nitrogens with one attached hydrogen (secondary N) is 1. The summed E-state index contributed by atoms with van der Waals surface area (Å²) < 4.78 is 0. The first-order valence-corrected chi connectivity index (χ1v) is 6.67. The van der Waals surface area contributed by atoms with Crippen LogP contribution in [0.4, 0.5) is 5.95 Å². The van der Waals surface area contributed by atoms with Gasteiger partial charge in [0.15, 0.2) is 0 Å². The lowest BCUT2D eigenvalue weighted by molar-refractivity contribution is 0.410. The zero-order valence-corrected chi connectivity index (χ0v) is 10.5. The molecule has 1 aromatic heterocycles. The molecule has 1 saturated carbocycles. The first kappa shape index (κ1) is 11.2. The van der Waals surface area contributed by atoms with Crippen molar-refractivity contribution in [3.63, 3.8) is 0 Å². The molecule has 0 atom stereocenters. The zero-order valence-electron chi connectivity index (χ0n) is 9.77. The molecule has 3 rings (SSSR count). The summed E-state index contributed by atoms with van der Waals surface area (Å²) in [5, 5.41) is 4.28. The molecule has 92 valence electrons. The fraction of sp³-hybridized carbons (Fsp3) is 0.667. The number of anilines is 1. The van der Waals surface area contributed by atoms with Crippen molar-refractivity contribution in [2.24, 2.45) is 0 Å². The first-order chi connectivity index (χ1) is 8.31. The predicted octanol–water partition coefficient (Wildman–Crippen LogP) is 1.85. The molecule has 1 N–H and O–H groups in total. The summed E-state index contributed by atoms with van der Waals surface area (Å²) in [6, 6.07) is 1.49. The summed E-state index contributed by atoms with van der Waals surface area (Å²) in [6.45, 7) is 2.07. The van der Waals surface area contributed by atoms with E-state index in [0.717, 1.165) is 25.1 Å². The summed E-state index contributed by atoms with van der Waals surface area (Å²) in [4.78, 5) is 10.8. The summed E-state index contributed by atoms with van der Waals surface area (Å²) in [6.07, 6.45) is 8.42. The van der Waals surface area contributed by atoms with E-state index in [1.807, 2.05) is 0 Å². The van der Waals surface area contributed by atoms with E-state index in [4.69, 9.17) is 11.6 Å². The third kappa shape index (κ3) is 2.87. The van der Waals surface area contributed by atoms with Crippen molar-refractivity contribution in [1.82, 2.24) is 15.3 Å². The average Bonchev–Trinajstić information content (AvgIpc) is 3.15. The van der Waals surface area contributed by atoms with E-state index < -0.39 is 0 Å². The molecular weight excluding hydrogens is 236 g/mol. The minimum absolute atomic E-state index is 0.596. The number of hydrogen-bond donors (Lipinski definition) is 1. The van der Waals surface area contributed by atoms with Crippen LogP contribution in [0.3, 0.4) is 0 Å². The second-order valence-electron chi connectivity index (χ2n) is 4.90. The Morgan fingerprint density at radius 1 is 1.06 bits per heavy atom. The van der Waals surface area contributed by atoms with Gasteiger partial charge in [-0.3, -0.25) is 0 Å². The van der Waals surface area contributed by atoms with Crippen LogP contribution in [-0.2, 0) is 0 Å². The van der Waals surface area contributed by atoms with Gasteiger partial charge in [0.05, 0.1) is 17.4 Å². The topological polar surface area (TPSA) is 41.1 Å². The standard InChI is InChI=1S/C12H17ClN4/c13-9-7-14-12(15-8-9)17-5-3-11(4-6-17)16-10-1-2-10/h7-8,10-11,16H,1-6H2. The van der Waals surface area contributed by atoms with E-state index in [2.05, 4.69) is 20.2 Å². The van der Waals surface area contributed by atoms with E-state index in [0.29, 0.717) is 11.1 Å². The van der Waals surface area contributed by atoms with Gasteiger partial charge in [-0.2, -0.15) is 0 Å². The maximum atomic E-state index is 5.78. The van der Waals surface area contributed by atoms with Crippen LogP contribution in [0.2, 0.25) is 5.02 Å². The van der Waals surface area contributed by atoms with Crippen LogP contribution in [0.1, 0.15) is 25.7 Å². The van der Waals surface area contributed by atoms with Gasteiger partial charge in [-0.15, -0.1) is 0 Å². The van der Waals surface area contributed by atoms with Crippen molar-refractivity contribution in [3.8, 4) is 0 Å². The molecule has 17 heavy (non-hydrogen) atoms. The van der Waals surface area contributed by atoms with Crippen molar-refractivity contribution in [2.75, 3.05) is 18.0 Å². The summed E-state index contributed by atoms with van der Waals surface area (Å²) in [5.74, 6) is 0.805. The van der Waals surface area contributed by atoms with Crippen LogP contribution in [0.15, 0.2) is 12.4 Å². The van der Waals surface area contributed by atoms with E-state index in [9.17, 15) is 0 Å². The average molecular weight is 253 g/mol. The van der Waals surface area contributed by atoms with Crippen molar-refractivity contribution >= 4 is 17.5 Å². The maximum absolute atomic E-state index is 5.78. The molecule has 1 aromatic rings. The number of nitrogens with zero attached hydrogens (tertiary/aromatic N) is 3. The van der Waals surface area contributed by atoms with Crippen LogP contribution in [0.5, 0.6) is 0 Å². The quantitative estimate of drug-likeness (QED) is 0.892. The highest BCUT2D eigenvalue weighted by Gasteiger charge is 2.27. The monoisotopic (exact) mass is 252 g/mol. The van der Waals surface area contributed by atoms with Crippen LogP contribution in [-0.4, -0.2) is 35.1 Å². The molecule has 0 bridgehead atoms. The van der Waals surface area contributed by atoms with Gasteiger partial charge in [0.25, 0.3) is 0 Å². The van der Waals surface area contributed by atoms with Crippen LogP contribution in [0, 0.1) is 0 Å². The predicted molar refractivity (Wildman–Crippen MR) is 68.4 cm³/mol. The molecular formula is C12H17ClN4. The Bertz CT molecular complexity index is 369. The second kappa shape index (κ2) is 4.78. The van der Waals surface area contributed by atoms with Crippen molar-refractivity contribution in [3.05, 3.63) is 17.4 Å². The minimum Gasteiger partial charge on any atom is -0.341 e. The maximum Gasteiger partial charge on any atom is 0.225 e. The van der Waals surface area contributed by atoms with Gasteiger partial charge < -0.3 is 10.2 Å². The molecule has 2 heterocycles. The Morgan fingerprint density at radius 2 is 1.65 bits per heavy atom. The van der Waals surface area contributed by atoms with Gasteiger partial charge in [0, 0.05) is 25.2 Å². The Morgan fingerprint density at radius 3 is 2.24 bits per heavy atom. The van der Waals surface area contributed by atoms with E-state index in [1.54, 1.807) is 12.4 Å². The molecule has 0 amide bonds. The van der Waals surface area contributed by atoms with Crippen molar-refractivity contribution in [2.45, 2.75) is 37.8 Å². The number of hydrogen-bond acceptors (Lipinski definition) is 4. The highest BCUT2D eigenvalue weighted by molar-refractivity contribution is 6.30. The molecule has 2 aliphatic rings. The molecule has 0 aromatic carbocycles. The first-order valence-electron chi connectivity index (χ1n) is 6.30. The lowest BCUT2D eigenvalue weighted by atomic mass is 10.1. The number of halogens is 1. The lowest BCUT2D eigenvalue weighted by Gasteiger charge is -2.32. The van der Waals surface area contributed by atoms with Gasteiger partial charge in [-0.1, -0.05) is 11.6 Å². The summed E-state index contributed by atoms with van der Waals surface area (Å²) >= 11 is 5.78. The van der Waals surface area contributed by atoms with Gasteiger partial charge in [-0.05, 0) is 25.7 Å². The molecule has 0 spiro atoms. The van der Waals surface area contributed by atoms with Crippen molar-refractivity contribution < 1.29 is 0 Å². The van der Waals surface area contributed by atoms with E-state index in [1.165, 1.54) is 25.7 Å². The second-order valence-corrected chi connectivity index (χ2v) is 5.34. The Labute approximate surface area is 106 Å². The fourth-order valence-electron chi connectivity index (χ4n) is 2.30. The normalized spacial score (nSPS) is 21.8. The molecule has 0 unspecified atom stereocenters. The highest BCUT2D eigenvalue weighted by atomic mass is 35.5. The summed E-state index contributed by atoms with van der Waals surface area (Å²) in [5.41, 5.74) is 0. The molecule has 4 nitrogen and oxygen atoms in total. The summed E-state index contributed by atoms with van der Waals surface area (Å²) in [7, 11) is 0. The number of rotatable bonds is 3. The van der Waals surface area contributed by atoms with Gasteiger partial charge in [-0.25, -0.2) is 9.97 Å². The molecule has 0 radical (unpaired) electrons. The third-order valence-electron chi connectivity index (χ3n) is 3.43. The van der Waals surface area contributed by atoms with Crippen molar-refractivity contribution in [1.29, 1.82) is 0 Å². The van der Waals surface area contributed by atoms with Crippen LogP contribution in [0.25, 0.3) is 0 Å².